The number of amides is 1. The smallest absolute Gasteiger partial charge is 0.308 e. The maximum Gasteiger partial charge on any atom is 0.308 e. The van der Waals surface area contributed by atoms with E-state index in [1.54, 1.807) is 15.8 Å². The summed E-state index contributed by atoms with van der Waals surface area (Å²) in [5.41, 5.74) is 0.816. The third-order valence-corrected chi connectivity index (χ3v) is 3.92. The maximum absolute atomic E-state index is 12.2. The van der Waals surface area contributed by atoms with Gasteiger partial charge in [0, 0.05) is 31.3 Å². The minimum atomic E-state index is -0.840. The molecule has 2 heterocycles. The molecule has 2 rings (SSSR count). The first-order valence-corrected chi connectivity index (χ1v) is 7.13. The second kappa shape index (κ2) is 6.07. The van der Waals surface area contributed by atoms with Gasteiger partial charge in [-0.2, -0.15) is 5.10 Å². The van der Waals surface area contributed by atoms with Gasteiger partial charge in [-0.05, 0) is 26.7 Å². The molecule has 0 aromatic carbocycles. The molecule has 0 saturated carbocycles. The molecule has 20 heavy (non-hydrogen) atoms. The van der Waals surface area contributed by atoms with Gasteiger partial charge < -0.3 is 10.0 Å². The lowest BCUT2D eigenvalue weighted by atomic mass is 9.91. The molecule has 1 saturated heterocycles. The van der Waals surface area contributed by atoms with Gasteiger partial charge >= 0.3 is 5.97 Å². The molecule has 0 radical (unpaired) electrons. The second-order valence-electron chi connectivity index (χ2n) is 5.09. The predicted octanol–water partition coefficient (Wildman–Crippen LogP) is 1.68. The van der Waals surface area contributed by atoms with Gasteiger partial charge in [-0.15, -0.1) is 0 Å². The monoisotopic (exact) mass is 279 g/mol. The minimum absolute atomic E-state index is 0.0329. The molecule has 0 bridgehead atoms. The average Bonchev–Trinajstić information content (AvgIpc) is 2.82. The average molecular weight is 279 g/mol. The van der Waals surface area contributed by atoms with Gasteiger partial charge in [0.2, 0.25) is 5.91 Å². The zero-order chi connectivity index (χ0) is 14.7. The first kappa shape index (κ1) is 14.6. The summed E-state index contributed by atoms with van der Waals surface area (Å²) in [6.45, 7) is 5.11. The Morgan fingerprint density at radius 3 is 2.75 bits per heavy atom. The molecular formula is C14H21N3O3. The van der Waals surface area contributed by atoms with Crippen molar-refractivity contribution >= 4 is 11.9 Å². The Morgan fingerprint density at radius 1 is 1.45 bits per heavy atom. The van der Waals surface area contributed by atoms with E-state index in [1.165, 1.54) is 0 Å². The highest BCUT2D eigenvalue weighted by Gasteiger charge is 2.38. The minimum Gasteiger partial charge on any atom is -0.481 e. The first-order valence-electron chi connectivity index (χ1n) is 7.13. The summed E-state index contributed by atoms with van der Waals surface area (Å²) in [5, 5.41) is 13.7. The summed E-state index contributed by atoms with van der Waals surface area (Å²) in [4.78, 5) is 25.4. The van der Waals surface area contributed by atoms with Gasteiger partial charge in [0.25, 0.3) is 0 Å². The van der Waals surface area contributed by atoms with Gasteiger partial charge in [-0.1, -0.05) is 0 Å². The number of aryl methyl sites for hydroxylation is 1. The molecule has 0 spiro atoms. The standard InChI is InChI=1S/C14H21N3O3/c1-3-16-9-10(8-15-16)13-11(14(19)20)6-5-7-12(18)17(13)4-2/h8-9,11,13H,3-7H2,1-2H3,(H,19,20). The number of likely N-dealkylation sites (tertiary alicyclic amines) is 1. The summed E-state index contributed by atoms with van der Waals surface area (Å²) in [5.74, 6) is -1.37. The highest BCUT2D eigenvalue weighted by molar-refractivity contribution is 5.79. The fraction of sp³-hybridized carbons (Fsp3) is 0.643. The molecular weight excluding hydrogens is 258 g/mol. The van der Waals surface area contributed by atoms with E-state index in [2.05, 4.69) is 5.10 Å². The molecule has 1 fully saturated rings. The van der Waals surface area contributed by atoms with Crippen molar-refractivity contribution in [3.05, 3.63) is 18.0 Å². The van der Waals surface area contributed by atoms with Gasteiger partial charge in [0.1, 0.15) is 0 Å². The number of carboxylic acid groups (broad SMARTS) is 1. The van der Waals surface area contributed by atoms with Crippen LogP contribution < -0.4 is 0 Å². The molecule has 1 amide bonds. The molecule has 0 aliphatic carbocycles. The van der Waals surface area contributed by atoms with E-state index >= 15 is 0 Å². The molecule has 1 aliphatic heterocycles. The van der Waals surface area contributed by atoms with Crippen LogP contribution in [0.5, 0.6) is 0 Å². The molecule has 2 atom stereocenters. The van der Waals surface area contributed by atoms with Crippen LogP contribution in [0.2, 0.25) is 0 Å². The number of rotatable bonds is 4. The van der Waals surface area contributed by atoms with E-state index in [1.807, 2.05) is 20.0 Å². The number of hydrogen-bond donors (Lipinski definition) is 1. The molecule has 2 unspecified atom stereocenters. The lowest BCUT2D eigenvalue weighted by Crippen LogP contribution is -2.38. The van der Waals surface area contributed by atoms with Crippen LogP contribution in [0, 0.1) is 5.92 Å². The quantitative estimate of drug-likeness (QED) is 0.909. The summed E-state index contributed by atoms with van der Waals surface area (Å²) in [6.07, 6.45) is 5.12. The van der Waals surface area contributed by atoms with E-state index in [9.17, 15) is 14.7 Å². The van der Waals surface area contributed by atoms with Crippen LogP contribution in [-0.4, -0.2) is 38.2 Å². The van der Waals surface area contributed by atoms with Crippen LogP contribution in [0.4, 0.5) is 0 Å². The number of carbonyl (C=O) groups is 2. The SMILES string of the molecule is CCN1C(=O)CCCC(C(=O)O)C1c1cnn(CC)c1. The number of aromatic nitrogens is 2. The predicted molar refractivity (Wildman–Crippen MR) is 73.0 cm³/mol. The fourth-order valence-electron chi connectivity index (χ4n) is 2.90. The lowest BCUT2D eigenvalue weighted by Gasteiger charge is -2.32. The molecule has 6 nitrogen and oxygen atoms in total. The van der Waals surface area contributed by atoms with Gasteiger partial charge in [-0.3, -0.25) is 14.3 Å². The molecule has 1 aliphatic rings. The Morgan fingerprint density at radius 2 is 2.20 bits per heavy atom. The molecule has 1 N–H and O–H groups in total. The number of hydrogen-bond acceptors (Lipinski definition) is 3. The summed E-state index contributed by atoms with van der Waals surface area (Å²) < 4.78 is 1.76. The zero-order valence-electron chi connectivity index (χ0n) is 12.0. The van der Waals surface area contributed by atoms with Crippen molar-refractivity contribution in [3.63, 3.8) is 0 Å². The number of nitrogens with zero attached hydrogens (tertiary/aromatic N) is 3. The van der Waals surface area contributed by atoms with Gasteiger partial charge in [-0.25, -0.2) is 0 Å². The van der Waals surface area contributed by atoms with Crippen LogP contribution in [0.3, 0.4) is 0 Å². The number of carbonyl (C=O) groups excluding carboxylic acids is 1. The zero-order valence-corrected chi connectivity index (χ0v) is 12.0. The second-order valence-corrected chi connectivity index (χ2v) is 5.09. The normalized spacial score (nSPS) is 23.7. The Kier molecular flexibility index (Phi) is 4.42. The van der Waals surface area contributed by atoms with Crippen molar-refractivity contribution in [2.75, 3.05) is 6.54 Å². The summed E-state index contributed by atoms with van der Waals surface area (Å²) >= 11 is 0. The molecule has 110 valence electrons. The Bertz CT molecular complexity index is 496. The Balaban J connectivity index is 2.42. The van der Waals surface area contributed by atoms with Crippen molar-refractivity contribution < 1.29 is 14.7 Å². The third kappa shape index (κ3) is 2.69. The van der Waals surface area contributed by atoms with Crippen molar-refractivity contribution in [3.8, 4) is 0 Å². The molecule has 1 aromatic heterocycles. The van der Waals surface area contributed by atoms with E-state index in [4.69, 9.17) is 0 Å². The topological polar surface area (TPSA) is 75.4 Å². The van der Waals surface area contributed by atoms with E-state index in [-0.39, 0.29) is 5.91 Å². The van der Waals surface area contributed by atoms with Crippen LogP contribution >= 0.6 is 0 Å². The van der Waals surface area contributed by atoms with Crippen molar-refractivity contribution in [1.82, 2.24) is 14.7 Å². The largest absolute Gasteiger partial charge is 0.481 e. The lowest BCUT2D eigenvalue weighted by molar-refractivity contribution is -0.146. The molecule has 6 heteroatoms. The highest BCUT2D eigenvalue weighted by Crippen LogP contribution is 2.35. The fourth-order valence-corrected chi connectivity index (χ4v) is 2.90. The van der Waals surface area contributed by atoms with Crippen molar-refractivity contribution in [2.45, 2.75) is 45.7 Å². The maximum atomic E-state index is 12.2. The van der Waals surface area contributed by atoms with Crippen LogP contribution in [0.1, 0.15) is 44.7 Å². The Labute approximate surface area is 118 Å². The van der Waals surface area contributed by atoms with Crippen LogP contribution in [0.25, 0.3) is 0 Å². The summed E-state index contributed by atoms with van der Waals surface area (Å²) in [6, 6.07) is -0.409. The third-order valence-electron chi connectivity index (χ3n) is 3.92. The summed E-state index contributed by atoms with van der Waals surface area (Å²) in [7, 11) is 0. The van der Waals surface area contributed by atoms with Gasteiger partial charge in [0.15, 0.2) is 0 Å². The van der Waals surface area contributed by atoms with E-state index < -0.39 is 17.9 Å². The highest BCUT2D eigenvalue weighted by atomic mass is 16.4. The molecule has 1 aromatic rings. The van der Waals surface area contributed by atoms with Crippen LogP contribution in [0.15, 0.2) is 12.4 Å². The number of carboxylic acids is 1. The van der Waals surface area contributed by atoms with Crippen LogP contribution in [-0.2, 0) is 16.1 Å². The van der Waals surface area contributed by atoms with Gasteiger partial charge in [0.05, 0.1) is 18.2 Å². The Hall–Kier alpha value is -1.85. The first-order chi connectivity index (χ1) is 9.58. The van der Waals surface area contributed by atoms with E-state index in [0.717, 1.165) is 12.1 Å². The number of aliphatic carboxylic acids is 1. The van der Waals surface area contributed by atoms with Crippen molar-refractivity contribution in [1.29, 1.82) is 0 Å². The van der Waals surface area contributed by atoms with Crippen molar-refractivity contribution in [2.24, 2.45) is 5.92 Å². The van der Waals surface area contributed by atoms with E-state index in [0.29, 0.717) is 25.8 Å².